The summed E-state index contributed by atoms with van der Waals surface area (Å²) in [5.74, 6) is 1.46. The molecule has 1 aromatic carbocycles. The summed E-state index contributed by atoms with van der Waals surface area (Å²) in [6, 6.07) is 5.31. The molecule has 21 heavy (non-hydrogen) atoms. The number of nitrogens with one attached hydrogen (secondary N) is 2. The molecule has 6 heteroatoms. The van der Waals surface area contributed by atoms with E-state index in [4.69, 9.17) is 16.3 Å². The van der Waals surface area contributed by atoms with E-state index in [1.807, 2.05) is 6.92 Å². The Bertz CT molecular complexity index is 585. The van der Waals surface area contributed by atoms with Crippen molar-refractivity contribution in [3.63, 3.8) is 0 Å². The van der Waals surface area contributed by atoms with E-state index in [9.17, 15) is 4.79 Å². The third-order valence-electron chi connectivity index (χ3n) is 2.96. The van der Waals surface area contributed by atoms with Gasteiger partial charge in [-0.05, 0) is 37.1 Å². The van der Waals surface area contributed by atoms with Crippen molar-refractivity contribution in [2.75, 3.05) is 13.2 Å². The Hall–Kier alpha value is -2.01. The van der Waals surface area contributed by atoms with Gasteiger partial charge >= 0.3 is 0 Å². The molecule has 0 fully saturated rings. The number of hydrogen-bond acceptors (Lipinski definition) is 3. The van der Waals surface area contributed by atoms with Crippen LogP contribution >= 0.6 is 11.6 Å². The highest BCUT2D eigenvalue weighted by Crippen LogP contribution is 2.21. The van der Waals surface area contributed by atoms with Gasteiger partial charge in [0.1, 0.15) is 11.6 Å². The number of nitrogens with zero attached hydrogens (tertiary/aromatic N) is 1. The fraction of sp³-hybridized carbons (Fsp3) is 0.333. The van der Waals surface area contributed by atoms with Crippen LogP contribution in [0.4, 0.5) is 0 Å². The number of rotatable bonds is 7. The predicted molar refractivity (Wildman–Crippen MR) is 81.6 cm³/mol. The number of hydrogen-bond donors (Lipinski definition) is 2. The quantitative estimate of drug-likeness (QED) is 0.772. The second kappa shape index (κ2) is 7.69. The molecular formula is C15H18ClN3O2. The summed E-state index contributed by atoms with van der Waals surface area (Å²) in [5.41, 5.74) is 0.910. The number of benzene rings is 1. The number of halogens is 1. The molecule has 2 N–H and O–H groups in total. The van der Waals surface area contributed by atoms with E-state index in [0.29, 0.717) is 17.3 Å². The van der Waals surface area contributed by atoms with Crippen molar-refractivity contribution in [3.05, 3.63) is 47.0 Å². The van der Waals surface area contributed by atoms with Gasteiger partial charge in [-0.3, -0.25) is 4.79 Å². The van der Waals surface area contributed by atoms with Crippen LogP contribution in [-0.4, -0.2) is 29.0 Å². The van der Waals surface area contributed by atoms with E-state index in [-0.39, 0.29) is 12.5 Å². The van der Waals surface area contributed by atoms with Crippen LogP contribution in [0.3, 0.4) is 0 Å². The van der Waals surface area contributed by atoms with Crippen molar-refractivity contribution in [2.45, 2.75) is 19.8 Å². The molecule has 0 atom stereocenters. The van der Waals surface area contributed by atoms with Crippen molar-refractivity contribution in [3.8, 4) is 5.75 Å². The summed E-state index contributed by atoms with van der Waals surface area (Å²) >= 11 is 5.86. The maximum atomic E-state index is 11.7. The lowest BCUT2D eigenvalue weighted by Crippen LogP contribution is -2.30. The molecule has 0 aliphatic carbocycles. The Morgan fingerprint density at radius 2 is 2.33 bits per heavy atom. The zero-order chi connectivity index (χ0) is 15.1. The Kier molecular flexibility index (Phi) is 5.63. The highest BCUT2D eigenvalue weighted by molar-refractivity contribution is 6.30. The Labute approximate surface area is 128 Å². The van der Waals surface area contributed by atoms with E-state index in [2.05, 4.69) is 15.3 Å². The molecule has 2 rings (SSSR count). The molecule has 0 saturated carbocycles. The summed E-state index contributed by atoms with van der Waals surface area (Å²) in [6.45, 7) is 2.49. The average Bonchev–Trinajstić information content (AvgIpc) is 2.96. The van der Waals surface area contributed by atoms with E-state index in [1.54, 1.807) is 30.6 Å². The zero-order valence-corrected chi connectivity index (χ0v) is 12.6. The second-order valence-electron chi connectivity index (χ2n) is 4.69. The Morgan fingerprint density at radius 3 is 3.05 bits per heavy atom. The minimum atomic E-state index is -0.135. The molecule has 1 heterocycles. The van der Waals surface area contributed by atoms with E-state index in [0.717, 1.165) is 24.2 Å². The van der Waals surface area contributed by atoms with Gasteiger partial charge < -0.3 is 15.0 Å². The lowest BCUT2D eigenvalue weighted by atomic mass is 10.2. The second-order valence-corrected chi connectivity index (χ2v) is 5.12. The monoisotopic (exact) mass is 307 g/mol. The van der Waals surface area contributed by atoms with Crippen molar-refractivity contribution in [2.24, 2.45) is 0 Å². The molecular weight excluding hydrogens is 290 g/mol. The highest BCUT2D eigenvalue weighted by atomic mass is 35.5. The molecule has 0 saturated heterocycles. The van der Waals surface area contributed by atoms with Gasteiger partial charge in [-0.25, -0.2) is 4.98 Å². The zero-order valence-electron chi connectivity index (χ0n) is 11.9. The first kappa shape index (κ1) is 15.4. The van der Waals surface area contributed by atoms with Gasteiger partial charge in [0, 0.05) is 30.4 Å². The number of ether oxygens (including phenoxy) is 1. The third-order valence-corrected chi connectivity index (χ3v) is 3.20. The average molecular weight is 308 g/mol. The maximum absolute atomic E-state index is 11.7. The van der Waals surface area contributed by atoms with Crippen LogP contribution in [0.2, 0.25) is 5.02 Å². The predicted octanol–water partition coefficient (Wildman–Crippen LogP) is 2.50. The normalized spacial score (nSPS) is 10.4. The Balaban J connectivity index is 1.65. The molecule has 0 bridgehead atoms. The molecule has 1 amide bonds. The van der Waals surface area contributed by atoms with Gasteiger partial charge in [0.15, 0.2) is 6.61 Å². The van der Waals surface area contributed by atoms with Gasteiger partial charge in [-0.15, -0.1) is 0 Å². The summed E-state index contributed by atoms with van der Waals surface area (Å²) in [4.78, 5) is 18.8. The molecule has 0 radical (unpaired) electrons. The summed E-state index contributed by atoms with van der Waals surface area (Å²) in [6.07, 6.45) is 5.15. The van der Waals surface area contributed by atoms with E-state index >= 15 is 0 Å². The molecule has 5 nitrogen and oxygen atoms in total. The van der Waals surface area contributed by atoms with Gasteiger partial charge in [-0.1, -0.05) is 11.6 Å². The fourth-order valence-corrected chi connectivity index (χ4v) is 2.11. The first-order chi connectivity index (χ1) is 10.1. The van der Waals surface area contributed by atoms with E-state index in [1.165, 1.54) is 0 Å². The van der Waals surface area contributed by atoms with Crippen molar-refractivity contribution in [1.29, 1.82) is 0 Å². The molecule has 0 spiro atoms. The van der Waals surface area contributed by atoms with Crippen LogP contribution in [-0.2, 0) is 11.2 Å². The van der Waals surface area contributed by atoms with Gasteiger partial charge in [0.2, 0.25) is 0 Å². The Morgan fingerprint density at radius 1 is 1.48 bits per heavy atom. The fourth-order valence-electron chi connectivity index (χ4n) is 1.89. The number of aromatic nitrogens is 2. The lowest BCUT2D eigenvalue weighted by Gasteiger charge is -2.09. The molecule has 112 valence electrons. The van der Waals surface area contributed by atoms with Crippen LogP contribution in [0, 0.1) is 6.92 Å². The van der Waals surface area contributed by atoms with Crippen molar-refractivity contribution >= 4 is 17.5 Å². The van der Waals surface area contributed by atoms with Gasteiger partial charge in [0.05, 0.1) is 0 Å². The number of aromatic amines is 1. The van der Waals surface area contributed by atoms with Crippen LogP contribution in [0.1, 0.15) is 17.8 Å². The maximum Gasteiger partial charge on any atom is 0.257 e. The first-order valence-electron chi connectivity index (χ1n) is 6.79. The van der Waals surface area contributed by atoms with Crippen LogP contribution in [0.5, 0.6) is 5.75 Å². The first-order valence-corrected chi connectivity index (χ1v) is 7.17. The number of aryl methyl sites for hydroxylation is 2. The third kappa shape index (κ3) is 5.11. The van der Waals surface area contributed by atoms with Crippen LogP contribution < -0.4 is 10.1 Å². The topological polar surface area (TPSA) is 67.0 Å². The smallest absolute Gasteiger partial charge is 0.257 e. The summed E-state index contributed by atoms with van der Waals surface area (Å²) in [7, 11) is 0. The molecule has 0 aliphatic rings. The largest absolute Gasteiger partial charge is 0.484 e. The van der Waals surface area contributed by atoms with Crippen molar-refractivity contribution < 1.29 is 9.53 Å². The molecule has 1 aromatic heterocycles. The van der Waals surface area contributed by atoms with Crippen molar-refractivity contribution in [1.82, 2.24) is 15.3 Å². The van der Waals surface area contributed by atoms with Gasteiger partial charge in [0.25, 0.3) is 5.91 Å². The number of H-pyrrole nitrogens is 1. The highest BCUT2D eigenvalue weighted by Gasteiger charge is 2.05. The SMILES string of the molecule is Cc1cc(Cl)ccc1OCC(=O)NCCCc1ncc[nH]1. The number of carbonyl (C=O) groups excluding carboxylic acids is 1. The minimum absolute atomic E-state index is 0.00320. The number of imidazole rings is 1. The summed E-state index contributed by atoms with van der Waals surface area (Å²) < 4.78 is 5.47. The van der Waals surface area contributed by atoms with Crippen LogP contribution in [0.15, 0.2) is 30.6 Å². The van der Waals surface area contributed by atoms with E-state index < -0.39 is 0 Å². The summed E-state index contributed by atoms with van der Waals surface area (Å²) in [5, 5.41) is 3.47. The molecule has 0 aliphatic heterocycles. The molecule has 0 unspecified atom stereocenters. The van der Waals surface area contributed by atoms with Gasteiger partial charge in [-0.2, -0.15) is 0 Å². The number of amides is 1. The molecule has 2 aromatic rings. The minimum Gasteiger partial charge on any atom is -0.484 e. The number of carbonyl (C=O) groups is 1. The lowest BCUT2D eigenvalue weighted by molar-refractivity contribution is -0.123. The standard InChI is InChI=1S/C15H18ClN3O2/c1-11-9-12(16)4-5-13(11)21-10-15(20)19-6-2-3-14-17-7-8-18-14/h4-5,7-9H,2-3,6,10H2,1H3,(H,17,18)(H,19,20). The van der Waals surface area contributed by atoms with Crippen LogP contribution in [0.25, 0.3) is 0 Å².